The number of carbonyl (C=O) groups excluding carboxylic acids is 1. The fourth-order valence-electron chi connectivity index (χ4n) is 0.914. The molecule has 1 aromatic carbocycles. The molecular formula is C10H9ClN2O. The molecule has 1 aromatic rings. The summed E-state index contributed by atoms with van der Waals surface area (Å²) < 4.78 is 0. The quantitative estimate of drug-likeness (QED) is 0.345. The lowest BCUT2D eigenvalue weighted by Crippen LogP contribution is -2.13. The van der Waals surface area contributed by atoms with E-state index in [1.54, 1.807) is 24.3 Å². The highest BCUT2D eigenvalue weighted by Gasteiger charge is 1.98. The van der Waals surface area contributed by atoms with E-state index in [4.69, 9.17) is 22.7 Å². The van der Waals surface area contributed by atoms with Crippen molar-refractivity contribution in [3.8, 4) is 0 Å². The van der Waals surface area contributed by atoms with Crippen LogP contribution in [0.4, 0.5) is 0 Å². The van der Waals surface area contributed by atoms with Crippen LogP contribution in [0.25, 0.3) is 6.08 Å². The zero-order valence-electron chi connectivity index (χ0n) is 7.33. The second-order valence-corrected chi connectivity index (χ2v) is 3.12. The Morgan fingerprint density at radius 1 is 1.36 bits per heavy atom. The molecule has 0 aliphatic heterocycles. The molecule has 72 valence electrons. The van der Waals surface area contributed by atoms with Gasteiger partial charge in [-0.1, -0.05) is 23.7 Å². The molecule has 0 amide bonds. The first-order valence-corrected chi connectivity index (χ1v) is 4.28. The number of hydrogen-bond acceptors (Lipinski definition) is 2. The van der Waals surface area contributed by atoms with E-state index in [0.717, 1.165) is 5.56 Å². The van der Waals surface area contributed by atoms with Crippen LogP contribution < -0.4 is 5.73 Å². The highest BCUT2D eigenvalue weighted by molar-refractivity contribution is 6.30. The number of halogens is 1. The van der Waals surface area contributed by atoms with Gasteiger partial charge in [0.2, 0.25) is 0 Å². The van der Waals surface area contributed by atoms with Crippen LogP contribution in [-0.2, 0) is 4.79 Å². The Bertz CT molecular complexity index is 382. The summed E-state index contributed by atoms with van der Waals surface area (Å²) in [5.41, 5.74) is 6.13. The van der Waals surface area contributed by atoms with E-state index in [1.165, 1.54) is 6.08 Å². The molecule has 0 saturated carbocycles. The summed E-state index contributed by atoms with van der Waals surface area (Å²) in [6.45, 7) is 0. The minimum absolute atomic E-state index is 0.160. The average Bonchev–Trinajstić information content (AvgIpc) is 2.16. The Balaban J connectivity index is 3.01. The zero-order valence-corrected chi connectivity index (χ0v) is 8.08. The normalized spacial score (nSPS) is 11.1. The highest BCUT2D eigenvalue weighted by atomic mass is 35.5. The van der Waals surface area contributed by atoms with Crippen LogP contribution in [-0.4, -0.2) is 12.1 Å². The number of hydrogen-bond donors (Lipinski definition) is 2. The predicted octanol–water partition coefficient (Wildman–Crippen LogP) is 1.86. The van der Waals surface area contributed by atoms with E-state index in [2.05, 4.69) is 0 Å². The van der Waals surface area contributed by atoms with Crippen molar-refractivity contribution >= 4 is 29.8 Å². The van der Waals surface area contributed by atoms with Gasteiger partial charge in [-0.2, -0.15) is 0 Å². The third-order valence-electron chi connectivity index (χ3n) is 1.63. The SMILES string of the molecule is N=C(N)/C(C=O)=C\c1ccc(Cl)cc1. The summed E-state index contributed by atoms with van der Waals surface area (Å²) in [5.74, 6) is -0.241. The van der Waals surface area contributed by atoms with E-state index in [9.17, 15) is 4.79 Å². The maximum atomic E-state index is 10.5. The smallest absolute Gasteiger partial charge is 0.153 e. The molecule has 0 spiro atoms. The first-order valence-electron chi connectivity index (χ1n) is 3.90. The van der Waals surface area contributed by atoms with Gasteiger partial charge in [-0.05, 0) is 23.8 Å². The van der Waals surface area contributed by atoms with Crippen LogP contribution in [0.3, 0.4) is 0 Å². The summed E-state index contributed by atoms with van der Waals surface area (Å²) >= 11 is 5.69. The van der Waals surface area contributed by atoms with Crippen LogP contribution in [0.15, 0.2) is 29.8 Å². The Labute approximate surface area is 86.7 Å². The van der Waals surface area contributed by atoms with Crippen LogP contribution in [0, 0.1) is 5.41 Å². The van der Waals surface area contributed by atoms with Crippen molar-refractivity contribution in [1.29, 1.82) is 5.41 Å². The molecule has 4 heteroatoms. The molecule has 3 nitrogen and oxygen atoms in total. The minimum atomic E-state index is -0.241. The molecule has 0 fully saturated rings. The second-order valence-electron chi connectivity index (χ2n) is 2.68. The van der Waals surface area contributed by atoms with E-state index in [0.29, 0.717) is 11.3 Å². The van der Waals surface area contributed by atoms with Crippen molar-refractivity contribution in [3.05, 3.63) is 40.4 Å². The van der Waals surface area contributed by atoms with Crippen molar-refractivity contribution in [2.24, 2.45) is 5.73 Å². The van der Waals surface area contributed by atoms with Gasteiger partial charge in [0.1, 0.15) is 5.84 Å². The minimum Gasteiger partial charge on any atom is -0.384 e. The molecule has 0 aliphatic carbocycles. The van der Waals surface area contributed by atoms with Gasteiger partial charge in [0.05, 0.1) is 5.57 Å². The topological polar surface area (TPSA) is 66.9 Å². The summed E-state index contributed by atoms with van der Waals surface area (Å²) in [6.07, 6.45) is 2.09. The van der Waals surface area contributed by atoms with Crippen LogP contribution >= 0.6 is 11.6 Å². The molecule has 0 saturated heterocycles. The number of rotatable bonds is 3. The maximum absolute atomic E-state index is 10.5. The van der Waals surface area contributed by atoms with E-state index in [1.807, 2.05) is 0 Å². The van der Waals surface area contributed by atoms with Crippen molar-refractivity contribution < 1.29 is 4.79 Å². The molecule has 0 atom stereocenters. The van der Waals surface area contributed by atoms with Crippen molar-refractivity contribution in [3.63, 3.8) is 0 Å². The Morgan fingerprint density at radius 3 is 2.36 bits per heavy atom. The molecule has 14 heavy (non-hydrogen) atoms. The number of carbonyl (C=O) groups is 1. The fraction of sp³-hybridized carbons (Fsp3) is 0. The summed E-state index contributed by atoms with van der Waals surface area (Å²) in [6, 6.07) is 6.90. The highest BCUT2D eigenvalue weighted by Crippen LogP contribution is 2.11. The van der Waals surface area contributed by atoms with E-state index < -0.39 is 0 Å². The van der Waals surface area contributed by atoms with E-state index in [-0.39, 0.29) is 11.4 Å². The summed E-state index contributed by atoms with van der Waals surface area (Å²) in [7, 11) is 0. The second kappa shape index (κ2) is 4.58. The molecule has 0 aromatic heterocycles. The summed E-state index contributed by atoms with van der Waals surface area (Å²) in [4.78, 5) is 10.5. The maximum Gasteiger partial charge on any atom is 0.153 e. The lowest BCUT2D eigenvalue weighted by atomic mass is 10.1. The van der Waals surface area contributed by atoms with Crippen molar-refractivity contribution in [1.82, 2.24) is 0 Å². The lowest BCUT2D eigenvalue weighted by molar-refractivity contribution is -0.104. The van der Waals surface area contributed by atoms with Gasteiger partial charge in [-0.15, -0.1) is 0 Å². The molecule has 3 N–H and O–H groups in total. The third-order valence-corrected chi connectivity index (χ3v) is 1.88. The van der Waals surface area contributed by atoms with Crippen LogP contribution in [0.1, 0.15) is 5.56 Å². The molecule has 0 aliphatic rings. The average molecular weight is 209 g/mol. The van der Waals surface area contributed by atoms with Crippen LogP contribution in [0.5, 0.6) is 0 Å². The Morgan fingerprint density at radius 2 is 1.93 bits per heavy atom. The van der Waals surface area contributed by atoms with Crippen LogP contribution in [0.2, 0.25) is 5.02 Å². The third kappa shape index (κ3) is 2.71. The van der Waals surface area contributed by atoms with Gasteiger partial charge >= 0.3 is 0 Å². The Hall–Kier alpha value is -1.61. The number of aldehydes is 1. The van der Waals surface area contributed by atoms with Crippen molar-refractivity contribution in [2.45, 2.75) is 0 Å². The van der Waals surface area contributed by atoms with Gasteiger partial charge in [-0.25, -0.2) is 0 Å². The molecule has 0 radical (unpaired) electrons. The van der Waals surface area contributed by atoms with Gasteiger partial charge in [0, 0.05) is 5.02 Å². The standard InChI is InChI=1S/C10H9ClN2O/c11-9-3-1-7(2-4-9)5-8(6-14)10(12)13/h1-6H,(H3,12,13)/b8-5-. The van der Waals surface area contributed by atoms with Crippen molar-refractivity contribution in [2.75, 3.05) is 0 Å². The number of nitrogens with one attached hydrogen (secondary N) is 1. The zero-order chi connectivity index (χ0) is 10.6. The molecule has 1 rings (SSSR count). The first kappa shape index (κ1) is 10.5. The first-order chi connectivity index (χ1) is 6.63. The number of amidine groups is 1. The van der Waals surface area contributed by atoms with Gasteiger partial charge < -0.3 is 5.73 Å². The molecule has 0 bridgehead atoms. The van der Waals surface area contributed by atoms with Gasteiger partial charge in [0.25, 0.3) is 0 Å². The Kier molecular flexibility index (Phi) is 3.42. The number of nitrogens with two attached hydrogens (primary N) is 1. The fourth-order valence-corrected chi connectivity index (χ4v) is 1.04. The largest absolute Gasteiger partial charge is 0.384 e. The van der Waals surface area contributed by atoms with Gasteiger partial charge in [-0.3, -0.25) is 10.2 Å². The molecule has 0 unspecified atom stereocenters. The van der Waals surface area contributed by atoms with E-state index >= 15 is 0 Å². The monoisotopic (exact) mass is 208 g/mol. The number of benzene rings is 1. The predicted molar refractivity (Wildman–Crippen MR) is 57.4 cm³/mol. The summed E-state index contributed by atoms with van der Waals surface area (Å²) in [5, 5.41) is 7.72. The molecule has 0 heterocycles. The lowest BCUT2D eigenvalue weighted by Gasteiger charge is -1.97. The van der Waals surface area contributed by atoms with Gasteiger partial charge in [0.15, 0.2) is 6.29 Å². The molecular weight excluding hydrogens is 200 g/mol.